The fraction of sp³-hybridized carbons (Fsp3) is 0.857. The maximum absolute atomic E-state index is 11.9. The van der Waals surface area contributed by atoms with Gasteiger partial charge in [0.1, 0.15) is 0 Å². The first-order chi connectivity index (χ1) is 5.09. The number of amides is 1. The van der Waals surface area contributed by atoms with Crippen LogP contribution in [0.15, 0.2) is 0 Å². The summed E-state index contributed by atoms with van der Waals surface area (Å²) in [6, 6.07) is 0. The van der Waals surface area contributed by atoms with Gasteiger partial charge in [-0.15, -0.1) is 0 Å². The molecule has 1 fully saturated rings. The zero-order valence-electron chi connectivity index (χ0n) is 6.09. The molecule has 0 radical (unpaired) electrons. The van der Waals surface area contributed by atoms with Crippen molar-refractivity contribution in [3.8, 4) is 0 Å². The van der Waals surface area contributed by atoms with Crippen LogP contribution in [-0.2, 0) is 4.79 Å². The molecule has 0 bridgehead atoms. The van der Waals surface area contributed by atoms with E-state index in [0.29, 0.717) is 12.8 Å². The molecule has 2 nitrogen and oxygen atoms in total. The molecule has 0 atom stereocenters. The van der Waals surface area contributed by atoms with Crippen LogP contribution >= 0.6 is 0 Å². The lowest BCUT2D eigenvalue weighted by Crippen LogP contribution is -2.32. The van der Waals surface area contributed by atoms with Crippen LogP contribution in [0, 0.1) is 11.8 Å². The van der Waals surface area contributed by atoms with Crippen LogP contribution in [0.2, 0.25) is 0 Å². The summed E-state index contributed by atoms with van der Waals surface area (Å²) in [4.78, 5) is 10.3. The van der Waals surface area contributed by atoms with Crippen LogP contribution in [0.25, 0.3) is 0 Å². The smallest absolute Gasteiger partial charge is 0.241 e. The van der Waals surface area contributed by atoms with E-state index in [2.05, 4.69) is 0 Å². The van der Waals surface area contributed by atoms with Gasteiger partial charge in [0.2, 0.25) is 12.3 Å². The molecule has 1 aliphatic carbocycles. The van der Waals surface area contributed by atoms with Gasteiger partial charge in [-0.3, -0.25) is 4.79 Å². The Kier molecular flexibility index (Phi) is 2.42. The first kappa shape index (κ1) is 8.43. The Morgan fingerprint density at radius 3 is 2.45 bits per heavy atom. The van der Waals surface area contributed by atoms with Crippen molar-refractivity contribution < 1.29 is 13.6 Å². The van der Waals surface area contributed by atoms with E-state index in [0.717, 1.165) is 0 Å². The van der Waals surface area contributed by atoms with Gasteiger partial charge < -0.3 is 5.73 Å². The average molecular weight is 163 g/mol. The minimum absolute atomic E-state index is 0.117. The molecule has 2 N–H and O–H groups in total. The largest absolute Gasteiger partial charge is 0.370 e. The van der Waals surface area contributed by atoms with Crippen molar-refractivity contribution in [2.24, 2.45) is 17.6 Å². The van der Waals surface area contributed by atoms with Gasteiger partial charge in [-0.1, -0.05) is 0 Å². The Morgan fingerprint density at radius 2 is 2.09 bits per heavy atom. The second-order valence-corrected chi connectivity index (χ2v) is 3.10. The Morgan fingerprint density at radius 1 is 1.55 bits per heavy atom. The van der Waals surface area contributed by atoms with Crippen LogP contribution < -0.4 is 5.73 Å². The molecule has 0 unspecified atom stereocenters. The molecular weight excluding hydrogens is 152 g/mol. The number of rotatable bonds is 3. The van der Waals surface area contributed by atoms with Crippen molar-refractivity contribution in [1.29, 1.82) is 0 Å². The normalized spacial score (nSPS) is 30.1. The van der Waals surface area contributed by atoms with Gasteiger partial charge in [0.25, 0.3) is 0 Å². The highest BCUT2D eigenvalue weighted by Crippen LogP contribution is 2.39. The minimum atomic E-state index is -2.22. The van der Waals surface area contributed by atoms with E-state index in [9.17, 15) is 13.6 Å². The first-order valence-corrected chi connectivity index (χ1v) is 3.66. The highest BCUT2D eigenvalue weighted by atomic mass is 19.3. The van der Waals surface area contributed by atoms with E-state index in [-0.39, 0.29) is 18.2 Å². The van der Waals surface area contributed by atoms with E-state index in [1.165, 1.54) is 0 Å². The number of carbonyl (C=O) groups excluding carboxylic acids is 1. The molecule has 0 aliphatic heterocycles. The zero-order valence-corrected chi connectivity index (χ0v) is 6.09. The minimum Gasteiger partial charge on any atom is -0.370 e. The molecule has 1 saturated carbocycles. The fourth-order valence-electron chi connectivity index (χ4n) is 1.44. The van der Waals surface area contributed by atoms with Crippen molar-refractivity contribution in [3.63, 3.8) is 0 Å². The topological polar surface area (TPSA) is 43.1 Å². The maximum atomic E-state index is 11.9. The average Bonchev–Trinajstić information content (AvgIpc) is 1.75. The Bertz CT molecular complexity index is 155. The molecule has 0 aromatic rings. The summed E-state index contributed by atoms with van der Waals surface area (Å²) < 4.78 is 23.7. The predicted molar refractivity (Wildman–Crippen MR) is 36.0 cm³/mol. The van der Waals surface area contributed by atoms with E-state index in [1.54, 1.807) is 0 Å². The van der Waals surface area contributed by atoms with Crippen molar-refractivity contribution in [2.75, 3.05) is 0 Å². The summed E-state index contributed by atoms with van der Waals surface area (Å²) in [6.45, 7) is 0. The van der Waals surface area contributed by atoms with Crippen LogP contribution in [-0.4, -0.2) is 12.3 Å². The predicted octanol–water partition coefficient (Wildman–Crippen LogP) is 1.15. The van der Waals surface area contributed by atoms with Gasteiger partial charge in [0.15, 0.2) is 0 Å². The second-order valence-electron chi connectivity index (χ2n) is 3.10. The highest BCUT2D eigenvalue weighted by molar-refractivity contribution is 5.74. The summed E-state index contributed by atoms with van der Waals surface area (Å²) in [5.41, 5.74) is 4.90. The van der Waals surface area contributed by atoms with Crippen LogP contribution in [0.1, 0.15) is 19.3 Å². The van der Waals surface area contributed by atoms with Crippen molar-refractivity contribution in [3.05, 3.63) is 0 Å². The molecule has 0 aromatic carbocycles. The molecular formula is C7H11F2NO. The summed E-state index contributed by atoms with van der Waals surface area (Å²) in [5.74, 6) is -0.756. The SMILES string of the molecule is NC(=O)CC1CC(C(F)F)C1. The van der Waals surface area contributed by atoms with Gasteiger partial charge in [-0.25, -0.2) is 8.78 Å². The van der Waals surface area contributed by atoms with Crippen LogP contribution in [0.3, 0.4) is 0 Å². The molecule has 0 spiro atoms. The highest BCUT2D eigenvalue weighted by Gasteiger charge is 2.35. The third kappa shape index (κ3) is 2.13. The summed E-state index contributed by atoms with van der Waals surface area (Å²) in [7, 11) is 0. The molecule has 0 heterocycles. The zero-order chi connectivity index (χ0) is 8.43. The molecule has 1 amide bonds. The van der Waals surface area contributed by atoms with Crippen molar-refractivity contribution >= 4 is 5.91 Å². The van der Waals surface area contributed by atoms with Gasteiger partial charge in [0.05, 0.1) is 0 Å². The molecule has 1 rings (SSSR count). The van der Waals surface area contributed by atoms with Gasteiger partial charge in [-0.05, 0) is 18.8 Å². The number of primary amides is 1. The molecule has 11 heavy (non-hydrogen) atoms. The number of halogens is 2. The maximum Gasteiger partial charge on any atom is 0.241 e. The molecule has 0 aromatic heterocycles. The van der Waals surface area contributed by atoms with E-state index in [4.69, 9.17) is 5.73 Å². The van der Waals surface area contributed by atoms with Gasteiger partial charge >= 0.3 is 0 Å². The lowest BCUT2D eigenvalue weighted by atomic mass is 9.73. The second kappa shape index (κ2) is 3.15. The summed E-state index contributed by atoms with van der Waals surface area (Å²) in [6.07, 6.45) is -1.04. The number of nitrogens with two attached hydrogens (primary N) is 1. The Hall–Kier alpha value is -0.670. The lowest BCUT2D eigenvalue weighted by molar-refractivity contribution is -0.120. The molecule has 64 valence electrons. The number of carbonyl (C=O) groups is 1. The lowest BCUT2D eigenvalue weighted by Gasteiger charge is -2.33. The van der Waals surface area contributed by atoms with E-state index in [1.807, 2.05) is 0 Å². The van der Waals surface area contributed by atoms with Gasteiger partial charge in [0, 0.05) is 12.3 Å². The quantitative estimate of drug-likeness (QED) is 0.666. The van der Waals surface area contributed by atoms with Crippen molar-refractivity contribution in [1.82, 2.24) is 0 Å². The fourth-order valence-corrected chi connectivity index (χ4v) is 1.44. The number of hydrogen-bond acceptors (Lipinski definition) is 1. The Labute approximate surface area is 63.8 Å². The third-order valence-corrected chi connectivity index (χ3v) is 2.12. The van der Waals surface area contributed by atoms with Crippen molar-refractivity contribution in [2.45, 2.75) is 25.7 Å². The molecule has 4 heteroatoms. The number of hydrogen-bond donors (Lipinski definition) is 1. The van der Waals surface area contributed by atoms with Crippen LogP contribution in [0.5, 0.6) is 0 Å². The Balaban J connectivity index is 2.14. The van der Waals surface area contributed by atoms with Crippen LogP contribution in [0.4, 0.5) is 8.78 Å². The summed E-state index contributed by atoms with van der Waals surface area (Å²) >= 11 is 0. The van der Waals surface area contributed by atoms with E-state index >= 15 is 0 Å². The van der Waals surface area contributed by atoms with Gasteiger partial charge in [-0.2, -0.15) is 0 Å². The number of alkyl halides is 2. The third-order valence-electron chi connectivity index (χ3n) is 2.12. The monoisotopic (exact) mass is 163 g/mol. The van der Waals surface area contributed by atoms with E-state index < -0.39 is 12.3 Å². The summed E-state index contributed by atoms with van der Waals surface area (Å²) in [5, 5.41) is 0. The standard InChI is InChI=1S/C7H11F2NO/c8-7(9)5-1-4(2-5)3-6(10)11/h4-5,7H,1-3H2,(H2,10,11). The molecule has 1 aliphatic rings. The first-order valence-electron chi connectivity index (χ1n) is 3.66. The molecule has 0 saturated heterocycles.